The van der Waals surface area contributed by atoms with E-state index in [1.165, 1.54) is 17.7 Å². The van der Waals surface area contributed by atoms with E-state index >= 15 is 0 Å². The van der Waals surface area contributed by atoms with Crippen LogP contribution in [-0.4, -0.2) is 17.7 Å². The molecule has 2 aliphatic rings. The molecule has 0 N–H and O–H groups in total. The smallest absolute Gasteiger partial charge is 0.146 e. The Balaban J connectivity index is 2.36. The number of thioether (sulfide) groups is 1. The van der Waals surface area contributed by atoms with E-state index in [1.807, 2.05) is 13.0 Å². The molecule has 0 unspecified atom stereocenters. The summed E-state index contributed by atoms with van der Waals surface area (Å²) < 4.78 is 5.33. The van der Waals surface area contributed by atoms with Gasteiger partial charge >= 0.3 is 0 Å². The second kappa shape index (κ2) is 4.52. The first-order valence-corrected chi connectivity index (χ1v) is 6.46. The van der Waals surface area contributed by atoms with Crippen molar-refractivity contribution in [3.63, 3.8) is 0 Å². The lowest BCUT2D eigenvalue weighted by Gasteiger charge is -2.18. The number of hydrogen-bond acceptors (Lipinski definition) is 3. The fourth-order valence-corrected chi connectivity index (χ4v) is 3.62. The third kappa shape index (κ3) is 1.74. The van der Waals surface area contributed by atoms with Gasteiger partial charge in [-0.3, -0.25) is 4.99 Å². The van der Waals surface area contributed by atoms with E-state index in [-0.39, 0.29) is 5.54 Å². The molecule has 86 valence electrons. The van der Waals surface area contributed by atoms with Gasteiger partial charge < -0.3 is 4.74 Å². The van der Waals surface area contributed by atoms with E-state index in [2.05, 4.69) is 12.3 Å². The summed E-state index contributed by atoms with van der Waals surface area (Å²) >= 11 is 1.66. The molecule has 1 aliphatic carbocycles. The average molecular weight is 235 g/mol. The highest BCUT2D eigenvalue weighted by Gasteiger charge is 2.43. The Kier molecular flexibility index (Phi) is 3.27. The Hall–Kier alpha value is -0.920. The number of rotatable bonds is 2. The van der Waals surface area contributed by atoms with Crippen LogP contribution in [0.15, 0.2) is 34.0 Å². The first-order chi connectivity index (χ1) is 7.75. The molecule has 0 aromatic carbocycles. The van der Waals surface area contributed by atoms with Crippen LogP contribution in [-0.2, 0) is 4.74 Å². The highest BCUT2D eigenvalue weighted by atomic mass is 32.2. The molecule has 2 nitrogen and oxygen atoms in total. The van der Waals surface area contributed by atoms with Crippen LogP contribution in [0.1, 0.15) is 32.6 Å². The van der Waals surface area contributed by atoms with Gasteiger partial charge in [0.25, 0.3) is 0 Å². The Bertz CT molecular complexity index is 396. The Morgan fingerprint density at radius 1 is 1.56 bits per heavy atom. The number of hydrogen-bond donors (Lipinski definition) is 0. The van der Waals surface area contributed by atoms with Crippen LogP contribution in [0.3, 0.4) is 0 Å². The molecule has 0 bridgehead atoms. The summed E-state index contributed by atoms with van der Waals surface area (Å²) in [5.74, 6) is 0.863. The quantitative estimate of drug-likeness (QED) is 0.538. The molecule has 1 aliphatic heterocycles. The maximum Gasteiger partial charge on any atom is 0.146 e. The second-order valence-electron chi connectivity index (χ2n) is 4.12. The molecule has 16 heavy (non-hydrogen) atoms. The second-order valence-corrected chi connectivity index (χ2v) is 5.12. The first-order valence-electron chi connectivity index (χ1n) is 5.64. The van der Waals surface area contributed by atoms with Crippen molar-refractivity contribution >= 4 is 16.8 Å². The number of nitrogens with zero attached hydrogens (tertiary/aromatic N) is 1. The molecule has 1 heterocycles. The molecular formula is C13H17NOS. The van der Waals surface area contributed by atoms with Crippen molar-refractivity contribution < 1.29 is 4.74 Å². The zero-order valence-electron chi connectivity index (χ0n) is 9.88. The standard InChI is InChI=1S/C13H17NOS/c1-4-10(15-3)12-14-13(8-6-7-9-13)11(5-2)16-12/h4H,2,6-9H2,1,3H3/b10-4-. The van der Waals surface area contributed by atoms with Crippen molar-refractivity contribution in [1.29, 1.82) is 0 Å². The van der Waals surface area contributed by atoms with E-state index in [9.17, 15) is 0 Å². The molecule has 0 aromatic heterocycles. The lowest BCUT2D eigenvalue weighted by molar-refractivity contribution is 0.315. The maximum absolute atomic E-state index is 5.33. The molecule has 0 saturated heterocycles. The van der Waals surface area contributed by atoms with Gasteiger partial charge in [0.1, 0.15) is 16.3 Å². The van der Waals surface area contributed by atoms with Crippen molar-refractivity contribution in [3.8, 4) is 0 Å². The number of allylic oxidation sites excluding steroid dienone is 1. The molecule has 0 aromatic rings. The third-order valence-corrected chi connectivity index (χ3v) is 4.44. The van der Waals surface area contributed by atoms with Crippen LogP contribution in [0.2, 0.25) is 0 Å². The van der Waals surface area contributed by atoms with Crippen molar-refractivity contribution in [2.75, 3.05) is 7.11 Å². The van der Waals surface area contributed by atoms with Gasteiger partial charge in [-0.05, 0) is 25.8 Å². The molecule has 0 radical (unpaired) electrons. The predicted octanol–water partition coefficient (Wildman–Crippen LogP) is 3.66. The van der Waals surface area contributed by atoms with Crippen LogP contribution < -0.4 is 0 Å². The summed E-state index contributed by atoms with van der Waals surface area (Å²) in [6.45, 7) is 5.76. The molecule has 2 rings (SSSR count). The van der Waals surface area contributed by atoms with Crippen molar-refractivity contribution in [2.45, 2.75) is 38.1 Å². The highest BCUT2D eigenvalue weighted by molar-refractivity contribution is 8.18. The van der Waals surface area contributed by atoms with Gasteiger partial charge in [-0.25, -0.2) is 0 Å². The first kappa shape index (κ1) is 11.6. The topological polar surface area (TPSA) is 21.6 Å². The van der Waals surface area contributed by atoms with E-state index in [1.54, 1.807) is 18.9 Å². The lowest BCUT2D eigenvalue weighted by atomic mass is 9.98. The molecule has 1 spiro atoms. The molecular weight excluding hydrogens is 218 g/mol. The number of methoxy groups -OCH3 is 1. The average Bonchev–Trinajstić information content (AvgIpc) is 2.89. The molecule has 0 amide bonds. The summed E-state index contributed by atoms with van der Waals surface area (Å²) in [4.78, 5) is 6.04. The van der Waals surface area contributed by atoms with E-state index in [4.69, 9.17) is 9.73 Å². The van der Waals surface area contributed by atoms with E-state index < -0.39 is 0 Å². The zero-order chi connectivity index (χ0) is 11.6. The Labute approximate surface area is 101 Å². The van der Waals surface area contributed by atoms with Crippen molar-refractivity contribution in [2.24, 2.45) is 4.99 Å². The van der Waals surface area contributed by atoms with Crippen molar-refractivity contribution in [3.05, 3.63) is 29.1 Å². The monoisotopic (exact) mass is 235 g/mol. The van der Waals surface area contributed by atoms with Gasteiger partial charge in [0.2, 0.25) is 0 Å². The minimum absolute atomic E-state index is 0.0193. The number of aliphatic imine (C=N–C) groups is 1. The summed E-state index contributed by atoms with van der Waals surface area (Å²) in [6, 6.07) is 0. The van der Waals surface area contributed by atoms with Crippen LogP contribution in [0.5, 0.6) is 0 Å². The molecule has 0 atom stereocenters. The fraction of sp³-hybridized carbons (Fsp3) is 0.538. The third-order valence-electron chi connectivity index (χ3n) is 3.22. The van der Waals surface area contributed by atoms with Gasteiger partial charge in [-0.1, -0.05) is 31.2 Å². The summed E-state index contributed by atoms with van der Waals surface area (Å²) in [6.07, 6.45) is 6.71. The number of ether oxygens (including phenoxy) is 1. The molecule has 1 saturated carbocycles. The highest BCUT2D eigenvalue weighted by Crippen LogP contribution is 2.49. The van der Waals surface area contributed by atoms with Gasteiger partial charge in [0.05, 0.1) is 12.0 Å². The van der Waals surface area contributed by atoms with E-state index in [0.29, 0.717) is 0 Å². The lowest BCUT2D eigenvalue weighted by Crippen LogP contribution is -2.19. The van der Waals surface area contributed by atoms with Crippen LogP contribution in [0.25, 0.3) is 0 Å². The summed E-state index contributed by atoms with van der Waals surface area (Å²) in [5.41, 5.74) is 3.04. The SMILES string of the molecule is C=C=C1SC(/C(=C/C)OC)=NC12CCCC2. The molecule has 1 fully saturated rings. The minimum Gasteiger partial charge on any atom is -0.494 e. The largest absolute Gasteiger partial charge is 0.494 e. The van der Waals surface area contributed by atoms with Crippen LogP contribution in [0, 0.1) is 0 Å². The predicted molar refractivity (Wildman–Crippen MR) is 69.6 cm³/mol. The Morgan fingerprint density at radius 3 is 2.75 bits per heavy atom. The zero-order valence-corrected chi connectivity index (χ0v) is 10.7. The summed E-state index contributed by atoms with van der Waals surface area (Å²) in [7, 11) is 1.69. The van der Waals surface area contributed by atoms with Gasteiger partial charge in [0.15, 0.2) is 0 Å². The minimum atomic E-state index is -0.0193. The summed E-state index contributed by atoms with van der Waals surface area (Å²) in [5, 5.41) is 0.984. The maximum atomic E-state index is 5.33. The van der Waals surface area contributed by atoms with Crippen LogP contribution in [0.4, 0.5) is 0 Å². The van der Waals surface area contributed by atoms with Crippen LogP contribution >= 0.6 is 11.8 Å². The van der Waals surface area contributed by atoms with Crippen molar-refractivity contribution in [1.82, 2.24) is 0 Å². The Morgan fingerprint density at radius 2 is 2.25 bits per heavy atom. The molecule has 3 heteroatoms. The van der Waals surface area contributed by atoms with E-state index in [0.717, 1.165) is 23.6 Å². The van der Waals surface area contributed by atoms with Gasteiger partial charge in [-0.2, -0.15) is 0 Å². The fourth-order valence-electron chi connectivity index (χ4n) is 2.39. The normalized spacial score (nSPS) is 23.5. The van der Waals surface area contributed by atoms with Gasteiger partial charge in [0, 0.05) is 0 Å². The van der Waals surface area contributed by atoms with Gasteiger partial charge in [-0.15, -0.1) is 5.73 Å².